The van der Waals surface area contributed by atoms with Gasteiger partial charge in [0.2, 0.25) is 5.91 Å². The van der Waals surface area contributed by atoms with E-state index in [0.717, 1.165) is 12.8 Å². The van der Waals surface area contributed by atoms with Crippen LogP contribution in [0, 0.1) is 16.7 Å². The monoisotopic (exact) mass is 523 g/mol. The van der Waals surface area contributed by atoms with E-state index >= 15 is 0 Å². The maximum absolute atomic E-state index is 13.1. The number of carbonyl (C=O) groups excluding carboxylic acids is 3. The van der Waals surface area contributed by atoms with Gasteiger partial charge in [-0.1, -0.05) is 20.8 Å². The number of likely N-dealkylation sites (tertiary alicyclic amines) is 1. The molecule has 3 amide bonds. The summed E-state index contributed by atoms with van der Waals surface area (Å²) >= 11 is 5.29. The van der Waals surface area contributed by atoms with Gasteiger partial charge in [-0.25, -0.2) is 9.59 Å². The molecule has 1 aliphatic heterocycles. The van der Waals surface area contributed by atoms with Gasteiger partial charge in [0.25, 0.3) is 0 Å². The highest BCUT2D eigenvalue weighted by Crippen LogP contribution is 2.29. The zero-order valence-electron chi connectivity index (χ0n) is 22.4. The number of piperidine rings is 1. The van der Waals surface area contributed by atoms with Crippen LogP contribution in [0.5, 0.6) is 0 Å². The highest BCUT2D eigenvalue weighted by atomic mass is 32.1. The zero-order chi connectivity index (χ0) is 27.1. The number of nitrogens with zero attached hydrogens (tertiary/aromatic N) is 2. The second-order valence-corrected chi connectivity index (χ2v) is 12.3. The van der Waals surface area contributed by atoms with Gasteiger partial charge in [0.15, 0.2) is 5.11 Å². The first kappa shape index (κ1) is 29.6. The largest absolute Gasteiger partial charge is 0.446 e. The average molecular weight is 524 g/mol. The van der Waals surface area contributed by atoms with Crippen molar-refractivity contribution in [3.63, 3.8) is 0 Å². The first-order chi connectivity index (χ1) is 16.6. The Morgan fingerprint density at radius 3 is 2.19 bits per heavy atom. The summed E-state index contributed by atoms with van der Waals surface area (Å²) in [5, 5.41) is 17.9. The van der Waals surface area contributed by atoms with Gasteiger partial charge in [0, 0.05) is 25.9 Å². The number of carbonyl (C=O) groups is 3. The van der Waals surface area contributed by atoms with Crippen molar-refractivity contribution in [2.24, 2.45) is 5.41 Å². The van der Waals surface area contributed by atoms with Crippen LogP contribution >= 0.6 is 12.2 Å². The van der Waals surface area contributed by atoms with Gasteiger partial charge in [0.1, 0.15) is 23.3 Å². The van der Waals surface area contributed by atoms with Crippen molar-refractivity contribution < 1.29 is 23.9 Å². The number of nitriles is 1. The highest BCUT2D eigenvalue weighted by Gasteiger charge is 2.38. The Morgan fingerprint density at radius 1 is 1.11 bits per heavy atom. The van der Waals surface area contributed by atoms with Crippen molar-refractivity contribution in [2.75, 3.05) is 13.1 Å². The summed E-state index contributed by atoms with van der Waals surface area (Å²) in [7, 11) is 0. The van der Waals surface area contributed by atoms with Gasteiger partial charge < -0.3 is 25.0 Å². The first-order valence-electron chi connectivity index (χ1n) is 12.6. The Balaban J connectivity index is 1.86. The predicted octanol–water partition coefficient (Wildman–Crippen LogP) is 3.74. The Labute approximate surface area is 219 Å². The Kier molecular flexibility index (Phi) is 9.94. The number of rotatable bonds is 5. The van der Waals surface area contributed by atoms with Crippen molar-refractivity contribution >= 4 is 35.4 Å². The van der Waals surface area contributed by atoms with E-state index in [0.29, 0.717) is 45.2 Å². The molecule has 1 saturated carbocycles. The van der Waals surface area contributed by atoms with Gasteiger partial charge in [-0.3, -0.25) is 10.1 Å². The average Bonchev–Trinajstić information content (AvgIpc) is 3.20. The molecule has 1 atom stereocenters. The van der Waals surface area contributed by atoms with E-state index in [9.17, 15) is 19.6 Å². The summed E-state index contributed by atoms with van der Waals surface area (Å²) in [4.78, 5) is 39.3. The molecule has 10 nitrogen and oxygen atoms in total. The Morgan fingerprint density at radius 2 is 1.69 bits per heavy atom. The second-order valence-electron chi connectivity index (χ2n) is 11.9. The third kappa shape index (κ3) is 9.80. The fourth-order valence-electron chi connectivity index (χ4n) is 4.34. The minimum Gasteiger partial charge on any atom is -0.446 e. The molecule has 0 unspecified atom stereocenters. The summed E-state index contributed by atoms with van der Waals surface area (Å²) in [5.41, 5.74) is -1.62. The van der Waals surface area contributed by atoms with Crippen LogP contribution in [0.15, 0.2) is 0 Å². The number of nitrogens with one attached hydrogen (secondary N) is 3. The standard InChI is InChI=1S/C25H41N5O5S/c1-23(2,3)15-18(19(31)29-25(16-26)11-7-8-12-25)27-20(36)28-21(32)34-17-9-13-30(14-10-17)22(33)35-24(4,5)6/h17-18H,7-15H2,1-6H3,(H,29,31)(H2,27,28,32,36)/t18-/m0/s1. The minimum absolute atomic E-state index is 0.0204. The summed E-state index contributed by atoms with van der Waals surface area (Å²) < 4.78 is 10.9. The summed E-state index contributed by atoms with van der Waals surface area (Å²) in [6.45, 7) is 12.3. The van der Waals surface area contributed by atoms with Crippen molar-refractivity contribution in [3.05, 3.63) is 0 Å². The molecule has 2 aliphatic rings. The molecule has 0 bridgehead atoms. The molecule has 0 aromatic carbocycles. The van der Waals surface area contributed by atoms with Crippen LogP contribution in [0.25, 0.3) is 0 Å². The highest BCUT2D eigenvalue weighted by molar-refractivity contribution is 7.80. The summed E-state index contributed by atoms with van der Waals surface area (Å²) in [5.74, 6) is -0.319. The maximum Gasteiger partial charge on any atom is 0.413 e. The van der Waals surface area contributed by atoms with Gasteiger partial charge in [-0.15, -0.1) is 0 Å². The molecular weight excluding hydrogens is 482 g/mol. The molecule has 36 heavy (non-hydrogen) atoms. The molecule has 0 aromatic rings. The molecule has 3 N–H and O–H groups in total. The lowest BCUT2D eigenvalue weighted by Gasteiger charge is -2.33. The van der Waals surface area contributed by atoms with E-state index in [2.05, 4.69) is 22.0 Å². The predicted molar refractivity (Wildman–Crippen MR) is 139 cm³/mol. The SMILES string of the molecule is CC(C)(C)C[C@H](NC(=S)NC(=O)OC1CCN(C(=O)OC(C)(C)C)CC1)C(=O)NC1(C#N)CCCC1. The molecule has 0 aromatic heterocycles. The minimum atomic E-state index is -0.850. The Hall–Kier alpha value is -2.61. The molecule has 202 valence electrons. The normalized spacial score (nSPS) is 19.0. The fraction of sp³-hybridized carbons (Fsp3) is 0.800. The molecule has 0 radical (unpaired) electrons. The summed E-state index contributed by atoms with van der Waals surface area (Å²) in [6, 6.07) is 1.54. The van der Waals surface area contributed by atoms with Crippen LogP contribution in [0.2, 0.25) is 0 Å². The van der Waals surface area contributed by atoms with Crippen molar-refractivity contribution in [1.82, 2.24) is 20.9 Å². The van der Waals surface area contributed by atoms with Crippen LogP contribution in [0.1, 0.15) is 86.5 Å². The molecular formula is C25H41N5O5S. The van der Waals surface area contributed by atoms with Crippen molar-refractivity contribution in [2.45, 2.75) is 110 Å². The number of hydrogen-bond acceptors (Lipinski definition) is 7. The van der Waals surface area contributed by atoms with Gasteiger partial charge in [-0.2, -0.15) is 5.26 Å². The number of alkyl carbamates (subject to hydrolysis) is 1. The van der Waals surface area contributed by atoms with Crippen molar-refractivity contribution in [1.29, 1.82) is 5.26 Å². The Bertz CT molecular complexity index is 860. The maximum atomic E-state index is 13.1. The third-order valence-corrected chi connectivity index (χ3v) is 6.27. The van der Waals surface area contributed by atoms with Crippen LogP contribution in [-0.4, -0.2) is 64.5 Å². The van der Waals surface area contributed by atoms with Gasteiger partial charge in [-0.05, 0) is 70.5 Å². The molecule has 1 saturated heterocycles. The number of ether oxygens (including phenoxy) is 2. The van der Waals surface area contributed by atoms with E-state index < -0.39 is 23.3 Å². The number of thiocarbonyl (C=S) groups is 1. The molecule has 0 spiro atoms. The van der Waals surface area contributed by atoms with Crippen LogP contribution in [-0.2, 0) is 14.3 Å². The number of amides is 3. The van der Waals surface area contributed by atoms with Crippen molar-refractivity contribution in [3.8, 4) is 6.07 Å². The lowest BCUT2D eigenvalue weighted by molar-refractivity contribution is -0.124. The quantitative estimate of drug-likeness (QED) is 0.464. The van der Waals surface area contributed by atoms with Crippen LogP contribution < -0.4 is 16.0 Å². The van der Waals surface area contributed by atoms with Gasteiger partial charge >= 0.3 is 12.2 Å². The zero-order valence-corrected chi connectivity index (χ0v) is 23.2. The van der Waals surface area contributed by atoms with Gasteiger partial charge in [0.05, 0.1) is 6.07 Å². The van der Waals surface area contributed by atoms with E-state index in [-0.39, 0.29) is 28.6 Å². The lowest BCUT2D eigenvalue weighted by atomic mass is 9.87. The fourth-order valence-corrected chi connectivity index (χ4v) is 4.56. The third-order valence-electron chi connectivity index (χ3n) is 6.05. The molecule has 2 rings (SSSR count). The van der Waals surface area contributed by atoms with Crippen LogP contribution in [0.3, 0.4) is 0 Å². The second kappa shape index (κ2) is 12.1. The van der Waals surface area contributed by atoms with E-state index in [4.69, 9.17) is 21.7 Å². The summed E-state index contributed by atoms with van der Waals surface area (Å²) in [6.07, 6.45) is 2.99. The van der Waals surface area contributed by atoms with E-state index in [1.54, 1.807) is 4.90 Å². The molecule has 11 heteroatoms. The van der Waals surface area contributed by atoms with E-state index in [1.165, 1.54) is 0 Å². The molecule has 1 heterocycles. The lowest BCUT2D eigenvalue weighted by Crippen LogP contribution is -2.57. The van der Waals surface area contributed by atoms with Crippen LogP contribution in [0.4, 0.5) is 9.59 Å². The van der Waals surface area contributed by atoms with E-state index in [1.807, 2.05) is 41.5 Å². The smallest absolute Gasteiger partial charge is 0.413 e. The number of hydrogen-bond donors (Lipinski definition) is 3. The topological polar surface area (TPSA) is 133 Å². The molecule has 1 aliphatic carbocycles. The molecule has 2 fully saturated rings. The first-order valence-corrected chi connectivity index (χ1v) is 13.0.